The molecule has 1 aliphatic rings. The highest BCUT2D eigenvalue weighted by Crippen LogP contribution is 2.10. The third-order valence-corrected chi connectivity index (χ3v) is 3.94. The predicted octanol–water partition coefficient (Wildman–Crippen LogP) is 3.16. The first kappa shape index (κ1) is 21.2. The lowest BCUT2D eigenvalue weighted by molar-refractivity contribution is 0.0453. The van der Waals surface area contributed by atoms with E-state index in [2.05, 4.69) is 28.1 Å². The van der Waals surface area contributed by atoms with Gasteiger partial charge in [-0.2, -0.15) is 0 Å². The number of guanidine groups is 1. The Hall–Kier alpha value is -0.860. The van der Waals surface area contributed by atoms with Gasteiger partial charge < -0.3 is 20.1 Å². The number of rotatable bonds is 8. The number of benzene rings is 1. The zero-order valence-corrected chi connectivity index (χ0v) is 16.9. The van der Waals surface area contributed by atoms with E-state index in [1.807, 2.05) is 13.0 Å². The van der Waals surface area contributed by atoms with Crippen LogP contribution in [0.5, 0.6) is 0 Å². The lowest BCUT2D eigenvalue weighted by Gasteiger charge is -2.27. The number of halogens is 1. The lowest BCUT2D eigenvalue weighted by atomic mass is 10.1. The first-order valence-corrected chi connectivity index (χ1v) is 8.57. The van der Waals surface area contributed by atoms with Crippen molar-refractivity contribution in [2.45, 2.75) is 39.3 Å². The second-order valence-corrected chi connectivity index (χ2v) is 5.79. The van der Waals surface area contributed by atoms with Crippen molar-refractivity contribution >= 4 is 29.9 Å². The van der Waals surface area contributed by atoms with E-state index in [1.165, 1.54) is 19.3 Å². The maximum Gasteiger partial charge on any atom is 0.191 e. The molecule has 1 fully saturated rings. The zero-order chi connectivity index (χ0) is 16.3. The zero-order valence-electron chi connectivity index (χ0n) is 14.6. The van der Waals surface area contributed by atoms with Crippen molar-refractivity contribution in [3.05, 3.63) is 35.4 Å². The van der Waals surface area contributed by atoms with Gasteiger partial charge in [-0.3, -0.25) is 0 Å². The summed E-state index contributed by atoms with van der Waals surface area (Å²) in [7, 11) is 0. The summed E-state index contributed by atoms with van der Waals surface area (Å²) in [4.78, 5) is 6.72. The van der Waals surface area contributed by atoms with Gasteiger partial charge in [-0.1, -0.05) is 24.3 Å². The Balaban J connectivity index is 0.00000288. The molecule has 5 nitrogen and oxygen atoms in total. The van der Waals surface area contributed by atoms with Crippen LogP contribution in [0.25, 0.3) is 0 Å². The minimum absolute atomic E-state index is 0. The highest BCUT2D eigenvalue weighted by atomic mass is 127. The molecule has 1 saturated heterocycles. The topological polar surface area (TPSA) is 60.1 Å². The summed E-state index contributed by atoms with van der Waals surface area (Å²) in [5, 5.41) is 0. The van der Waals surface area contributed by atoms with E-state index >= 15 is 0 Å². The fraction of sp³-hybridized carbons (Fsp3) is 0.611. The van der Waals surface area contributed by atoms with Crippen molar-refractivity contribution in [2.24, 2.45) is 10.7 Å². The van der Waals surface area contributed by atoms with Crippen molar-refractivity contribution in [1.29, 1.82) is 0 Å². The van der Waals surface area contributed by atoms with Gasteiger partial charge in [0.25, 0.3) is 0 Å². The summed E-state index contributed by atoms with van der Waals surface area (Å²) in [6.45, 7) is 7.27. The minimum atomic E-state index is 0. The number of aliphatic imine (C=N–C) groups is 1. The molecule has 0 aromatic heterocycles. The fourth-order valence-electron chi connectivity index (χ4n) is 2.67. The van der Waals surface area contributed by atoms with Gasteiger partial charge in [0.2, 0.25) is 0 Å². The first-order valence-electron chi connectivity index (χ1n) is 8.57. The molecule has 1 aliphatic heterocycles. The van der Waals surface area contributed by atoms with Gasteiger partial charge in [-0.05, 0) is 37.3 Å². The Morgan fingerprint density at radius 3 is 2.58 bits per heavy atom. The standard InChI is InChI=1S/C18H29N3O2.HI/c1-2-22-11-12-23-15-17-8-6-7-16(13-17)14-20-18(19)21-9-4-3-5-10-21;/h6-8,13H,2-5,9-12,14-15H2,1H3,(H2,19,20);1H. The summed E-state index contributed by atoms with van der Waals surface area (Å²) >= 11 is 0. The van der Waals surface area contributed by atoms with Crippen molar-refractivity contribution in [3.63, 3.8) is 0 Å². The quantitative estimate of drug-likeness (QED) is 0.288. The summed E-state index contributed by atoms with van der Waals surface area (Å²) in [6.07, 6.45) is 3.73. The second kappa shape index (κ2) is 12.5. The van der Waals surface area contributed by atoms with E-state index in [1.54, 1.807) is 0 Å². The molecule has 0 radical (unpaired) electrons. The first-order chi connectivity index (χ1) is 11.3. The van der Waals surface area contributed by atoms with Gasteiger partial charge in [0.15, 0.2) is 5.96 Å². The van der Waals surface area contributed by atoms with Crippen LogP contribution in [0.1, 0.15) is 37.3 Å². The van der Waals surface area contributed by atoms with Crippen LogP contribution in [-0.2, 0) is 22.6 Å². The molecule has 0 atom stereocenters. The molecule has 6 heteroatoms. The number of nitrogens with zero attached hydrogens (tertiary/aromatic N) is 2. The molecular weight excluding hydrogens is 417 g/mol. The Labute approximate surface area is 162 Å². The monoisotopic (exact) mass is 447 g/mol. The second-order valence-electron chi connectivity index (χ2n) is 5.79. The Morgan fingerprint density at radius 1 is 1.12 bits per heavy atom. The molecule has 1 aromatic rings. The molecule has 1 heterocycles. The van der Waals surface area contributed by atoms with E-state index in [9.17, 15) is 0 Å². The van der Waals surface area contributed by atoms with E-state index in [-0.39, 0.29) is 24.0 Å². The van der Waals surface area contributed by atoms with Gasteiger partial charge >= 0.3 is 0 Å². The lowest BCUT2D eigenvalue weighted by Crippen LogP contribution is -2.40. The third-order valence-electron chi connectivity index (χ3n) is 3.94. The number of piperidine rings is 1. The third kappa shape index (κ3) is 7.81. The summed E-state index contributed by atoms with van der Waals surface area (Å²) in [5.74, 6) is 0.670. The Kier molecular flexibility index (Phi) is 11.0. The van der Waals surface area contributed by atoms with Gasteiger partial charge in [0, 0.05) is 19.7 Å². The maximum atomic E-state index is 6.10. The number of ether oxygens (including phenoxy) is 2. The normalized spacial score (nSPS) is 15.2. The van der Waals surface area contributed by atoms with Crippen LogP contribution in [0.2, 0.25) is 0 Å². The maximum absolute atomic E-state index is 6.10. The molecule has 0 spiro atoms. The van der Waals surface area contributed by atoms with Crippen molar-refractivity contribution < 1.29 is 9.47 Å². The molecule has 1 aromatic carbocycles. The molecule has 24 heavy (non-hydrogen) atoms. The minimum Gasteiger partial charge on any atom is -0.379 e. The molecule has 0 unspecified atom stereocenters. The van der Waals surface area contributed by atoms with E-state index in [4.69, 9.17) is 15.2 Å². The average Bonchev–Trinajstić information content (AvgIpc) is 2.60. The van der Waals surface area contributed by atoms with Gasteiger partial charge in [0.05, 0.1) is 26.4 Å². The van der Waals surface area contributed by atoms with Crippen molar-refractivity contribution in [1.82, 2.24) is 4.90 Å². The van der Waals surface area contributed by atoms with Crippen LogP contribution >= 0.6 is 24.0 Å². The number of nitrogens with two attached hydrogens (primary N) is 1. The summed E-state index contributed by atoms with van der Waals surface area (Å²) in [5.41, 5.74) is 8.42. The molecule has 2 rings (SSSR count). The van der Waals surface area contributed by atoms with Crippen LogP contribution in [0.15, 0.2) is 29.3 Å². The Bertz CT molecular complexity index is 491. The molecular formula is C18H30IN3O2. The van der Waals surface area contributed by atoms with Crippen molar-refractivity contribution in [2.75, 3.05) is 32.9 Å². The summed E-state index contributed by atoms with van der Waals surface area (Å²) < 4.78 is 10.9. The van der Waals surface area contributed by atoms with E-state index in [0.29, 0.717) is 32.3 Å². The predicted molar refractivity (Wildman–Crippen MR) is 109 cm³/mol. The molecule has 0 amide bonds. The van der Waals surface area contributed by atoms with Crippen molar-refractivity contribution in [3.8, 4) is 0 Å². The van der Waals surface area contributed by atoms with Gasteiger partial charge in [-0.25, -0.2) is 4.99 Å². The highest BCUT2D eigenvalue weighted by Gasteiger charge is 2.11. The van der Waals surface area contributed by atoms with E-state index < -0.39 is 0 Å². The van der Waals surface area contributed by atoms with Crippen LogP contribution in [0.4, 0.5) is 0 Å². The molecule has 0 bridgehead atoms. The smallest absolute Gasteiger partial charge is 0.191 e. The van der Waals surface area contributed by atoms with Crippen LogP contribution in [0.3, 0.4) is 0 Å². The SMILES string of the molecule is CCOCCOCc1cccc(CN=C(N)N2CCCCC2)c1.I. The molecule has 136 valence electrons. The fourth-order valence-corrected chi connectivity index (χ4v) is 2.67. The number of hydrogen-bond donors (Lipinski definition) is 1. The van der Waals surface area contributed by atoms with E-state index in [0.717, 1.165) is 30.8 Å². The van der Waals surface area contributed by atoms with Crippen LogP contribution < -0.4 is 5.73 Å². The largest absolute Gasteiger partial charge is 0.379 e. The summed E-state index contributed by atoms with van der Waals surface area (Å²) in [6, 6.07) is 8.33. The molecule has 0 aliphatic carbocycles. The number of hydrogen-bond acceptors (Lipinski definition) is 3. The average molecular weight is 447 g/mol. The van der Waals surface area contributed by atoms with Gasteiger partial charge in [-0.15, -0.1) is 24.0 Å². The van der Waals surface area contributed by atoms with Gasteiger partial charge in [0.1, 0.15) is 0 Å². The van der Waals surface area contributed by atoms with Crippen LogP contribution in [0, 0.1) is 0 Å². The highest BCUT2D eigenvalue weighted by molar-refractivity contribution is 14.0. The molecule has 0 saturated carbocycles. The van der Waals surface area contributed by atoms with Crippen LogP contribution in [-0.4, -0.2) is 43.8 Å². The Morgan fingerprint density at radius 2 is 1.83 bits per heavy atom. The number of likely N-dealkylation sites (tertiary alicyclic amines) is 1. The molecule has 2 N–H and O–H groups in total.